The topological polar surface area (TPSA) is 81.6 Å². The maximum absolute atomic E-state index is 10.8. The third-order valence-corrected chi connectivity index (χ3v) is 2.33. The van der Waals surface area contributed by atoms with Crippen LogP contribution in [0.15, 0.2) is 48.5 Å². The summed E-state index contributed by atoms with van der Waals surface area (Å²) in [6.07, 6.45) is 0. The molecule has 0 amide bonds. The first-order valence-electron chi connectivity index (χ1n) is 5.29. The minimum absolute atomic E-state index is 0.188. The van der Waals surface area contributed by atoms with E-state index in [2.05, 4.69) is 10.9 Å². The van der Waals surface area contributed by atoms with Gasteiger partial charge in [0.15, 0.2) is 0 Å². The zero-order chi connectivity index (χ0) is 13.0. The predicted octanol–water partition coefficient (Wildman–Crippen LogP) is 2.53. The molecule has 0 radical (unpaired) electrons. The van der Waals surface area contributed by atoms with Gasteiger partial charge in [0.1, 0.15) is 5.75 Å². The van der Waals surface area contributed by atoms with E-state index in [9.17, 15) is 4.79 Å². The molecule has 0 aromatic heterocycles. The lowest BCUT2D eigenvalue weighted by atomic mass is 10.2. The number of hydrazine groups is 1. The van der Waals surface area contributed by atoms with Crippen LogP contribution in [0.1, 0.15) is 10.4 Å². The molecule has 0 heterocycles. The van der Waals surface area contributed by atoms with Crippen molar-refractivity contribution in [1.29, 1.82) is 0 Å². The van der Waals surface area contributed by atoms with Gasteiger partial charge in [-0.05, 0) is 42.5 Å². The van der Waals surface area contributed by atoms with Crippen LogP contribution in [0.4, 0.5) is 11.4 Å². The van der Waals surface area contributed by atoms with E-state index in [1.165, 1.54) is 12.1 Å². The van der Waals surface area contributed by atoms with E-state index in [-0.39, 0.29) is 11.3 Å². The molecule has 5 nitrogen and oxygen atoms in total. The highest BCUT2D eigenvalue weighted by molar-refractivity contribution is 5.88. The Hall–Kier alpha value is -2.69. The Labute approximate surface area is 104 Å². The van der Waals surface area contributed by atoms with Crippen molar-refractivity contribution in [3.05, 3.63) is 54.1 Å². The van der Waals surface area contributed by atoms with Gasteiger partial charge in [-0.15, -0.1) is 0 Å². The van der Waals surface area contributed by atoms with Crippen LogP contribution in [-0.2, 0) is 0 Å². The van der Waals surface area contributed by atoms with Gasteiger partial charge in [0.2, 0.25) is 0 Å². The van der Waals surface area contributed by atoms with E-state index in [0.29, 0.717) is 5.69 Å². The maximum atomic E-state index is 10.8. The molecule has 2 aromatic rings. The Kier molecular flexibility index (Phi) is 3.33. The summed E-state index contributed by atoms with van der Waals surface area (Å²) in [6, 6.07) is 13.0. The van der Waals surface area contributed by atoms with Gasteiger partial charge in [-0.25, -0.2) is 4.79 Å². The molecule has 5 heteroatoms. The molecule has 0 aliphatic carbocycles. The van der Waals surface area contributed by atoms with E-state index < -0.39 is 5.97 Å². The molecule has 2 aromatic carbocycles. The van der Waals surface area contributed by atoms with E-state index in [0.717, 1.165) is 5.69 Å². The molecular weight excluding hydrogens is 232 g/mol. The molecule has 92 valence electrons. The summed E-state index contributed by atoms with van der Waals surface area (Å²) in [6.45, 7) is 0. The number of phenolic OH excluding ortho intramolecular Hbond substituents is 1. The predicted molar refractivity (Wildman–Crippen MR) is 68.8 cm³/mol. The lowest BCUT2D eigenvalue weighted by Crippen LogP contribution is -2.09. The molecular formula is C13H12N2O3. The number of phenols is 1. The minimum atomic E-state index is -0.969. The molecule has 0 aliphatic rings. The van der Waals surface area contributed by atoms with Crippen LogP contribution in [-0.4, -0.2) is 16.2 Å². The van der Waals surface area contributed by atoms with Crippen LogP contribution in [0.3, 0.4) is 0 Å². The lowest BCUT2D eigenvalue weighted by molar-refractivity contribution is 0.0697. The summed E-state index contributed by atoms with van der Waals surface area (Å²) in [7, 11) is 0. The van der Waals surface area contributed by atoms with Crippen molar-refractivity contribution >= 4 is 17.3 Å². The maximum Gasteiger partial charge on any atom is 0.335 e. The molecule has 0 fully saturated rings. The van der Waals surface area contributed by atoms with Gasteiger partial charge in [0.05, 0.1) is 16.9 Å². The summed E-state index contributed by atoms with van der Waals surface area (Å²) >= 11 is 0. The highest BCUT2D eigenvalue weighted by atomic mass is 16.4. The second kappa shape index (κ2) is 5.09. The van der Waals surface area contributed by atoms with Gasteiger partial charge in [-0.2, -0.15) is 0 Å². The minimum Gasteiger partial charge on any atom is -0.508 e. The molecule has 0 spiro atoms. The SMILES string of the molecule is O=C(O)c1cccc(NNc2ccc(O)cc2)c1. The number of hydrogen-bond acceptors (Lipinski definition) is 4. The highest BCUT2D eigenvalue weighted by Gasteiger charge is 2.02. The Morgan fingerprint density at radius 3 is 2.28 bits per heavy atom. The third-order valence-electron chi connectivity index (χ3n) is 2.33. The number of carbonyl (C=O) groups is 1. The fourth-order valence-corrected chi connectivity index (χ4v) is 1.42. The van der Waals surface area contributed by atoms with Crippen LogP contribution >= 0.6 is 0 Å². The standard InChI is InChI=1S/C13H12N2O3/c16-12-6-4-10(5-7-12)14-15-11-3-1-2-9(8-11)13(17)18/h1-8,14-16H,(H,17,18). The first-order valence-corrected chi connectivity index (χ1v) is 5.29. The van der Waals surface area contributed by atoms with E-state index in [1.807, 2.05) is 0 Å². The smallest absolute Gasteiger partial charge is 0.335 e. The van der Waals surface area contributed by atoms with Crippen LogP contribution in [0.25, 0.3) is 0 Å². The van der Waals surface area contributed by atoms with Crippen molar-refractivity contribution in [2.75, 3.05) is 10.9 Å². The Morgan fingerprint density at radius 2 is 1.61 bits per heavy atom. The van der Waals surface area contributed by atoms with Crippen molar-refractivity contribution in [3.63, 3.8) is 0 Å². The number of aromatic carboxylic acids is 1. The molecule has 0 saturated heterocycles. The van der Waals surface area contributed by atoms with Crippen molar-refractivity contribution < 1.29 is 15.0 Å². The van der Waals surface area contributed by atoms with Crippen molar-refractivity contribution in [2.45, 2.75) is 0 Å². The van der Waals surface area contributed by atoms with Gasteiger partial charge in [0.25, 0.3) is 0 Å². The van der Waals surface area contributed by atoms with Gasteiger partial charge in [-0.3, -0.25) is 0 Å². The average Bonchev–Trinajstić information content (AvgIpc) is 2.38. The normalized spacial score (nSPS) is 9.78. The number of nitrogens with one attached hydrogen (secondary N) is 2. The molecule has 0 saturated carbocycles. The molecule has 2 rings (SSSR count). The zero-order valence-corrected chi connectivity index (χ0v) is 9.42. The first kappa shape index (κ1) is 11.8. The van der Waals surface area contributed by atoms with E-state index in [1.54, 1.807) is 36.4 Å². The first-order chi connectivity index (χ1) is 8.65. The fourth-order valence-electron chi connectivity index (χ4n) is 1.42. The summed E-state index contributed by atoms with van der Waals surface area (Å²) < 4.78 is 0. The van der Waals surface area contributed by atoms with Gasteiger partial charge >= 0.3 is 5.97 Å². The van der Waals surface area contributed by atoms with Gasteiger partial charge in [0, 0.05) is 0 Å². The molecule has 18 heavy (non-hydrogen) atoms. The molecule has 0 atom stereocenters. The number of hydrogen-bond donors (Lipinski definition) is 4. The van der Waals surface area contributed by atoms with Crippen molar-refractivity contribution in [3.8, 4) is 5.75 Å². The van der Waals surface area contributed by atoms with Crippen LogP contribution < -0.4 is 10.9 Å². The second-order valence-electron chi connectivity index (χ2n) is 3.68. The van der Waals surface area contributed by atoms with Crippen LogP contribution in [0, 0.1) is 0 Å². The summed E-state index contributed by atoms with van der Waals surface area (Å²) in [5.74, 6) is -0.781. The molecule has 4 N–H and O–H groups in total. The number of benzene rings is 2. The van der Waals surface area contributed by atoms with Gasteiger partial charge in [-0.1, -0.05) is 6.07 Å². The van der Waals surface area contributed by atoms with E-state index >= 15 is 0 Å². The molecule has 0 aliphatic heterocycles. The average molecular weight is 244 g/mol. The van der Waals surface area contributed by atoms with Gasteiger partial charge < -0.3 is 21.1 Å². The summed E-state index contributed by atoms with van der Waals surface area (Å²) in [5.41, 5.74) is 7.40. The largest absolute Gasteiger partial charge is 0.508 e. The fraction of sp³-hybridized carbons (Fsp3) is 0. The van der Waals surface area contributed by atoms with Crippen molar-refractivity contribution in [2.24, 2.45) is 0 Å². The lowest BCUT2D eigenvalue weighted by Gasteiger charge is -2.10. The summed E-state index contributed by atoms with van der Waals surface area (Å²) in [4.78, 5) is 10.8. The Balaban J connectivity index is 2.04. The summed E-state index contributed by atoms with van der Waals surface area (Å²) in [5, 5.41) is 18.0. The molecule has 0 bridgehead atoms. The number of anilines is 2. The quantitative estimate of drug-likeness (QED) is 0.491. The monoisotopic (exact) mass is 244 g/mol. The van der Waals surface area contributed by atoms with Crippen LogP contribution in [0.2, 0.25) is 0 Å². The third kappa shape index (κ3) is 2.91. The zero-order valence-electron chi connectivity index (χ0n) is 9.42. The Bertz CT molecular complexity index is 552. The van der Waals surface area contributed by atoms with E-state index in [4.69, 9.17) is 10.2 Å². The number of carboxylic acid groups (broad SMARTS) is 1. The number of rotatable bonds is 4. The molecule has 0 unspecified atom stereocenters. The van der Waals surface area contributed by atoms with Crippen LogP contribution in [0.5, 0.6) is 5.75 Å². The number of aromatic hydroxyl groups is 1. The number of carboxylic acids is 1. The highest BCUT2D eigenvalue weighted by Crippen LogP contribution is 2.15. The van der Waals surface area contributed by atoms with Crippen molar-refractivity contribution in [1.82, 2.24) is 0 Å². The second-order valence-corrected chi connectivity index (χ2v) is 3.68. The Morgan fingerprint density at radius 1 is 0.944 bits per heavy atom.